The quantitative estimate of drug-likeness (QED) is 0.376. The van der Waals surface area contributed by atoms with Crippen molar-refractivity contribution in [2.45, 2.75) is 11.4 Å². The van der Waals surface area contributed by atoms with Crippen molar-refractivity contribution in [1.82, 2.24) is 20.1 Å². The van der Waals surface area contributed by atoms with Crippen molar-refractivity contribution in [3.8, 4) is 10.7 Å². The number of hydrogen-bond donors (Lipinski definition) is 2. The second-order valence-electron chi connectivity index (χ2n) is 4.93. The Hall–Kier alpha value is -1.90. The predicted molar refractivity (Wildman–Crippen MR) is 101 cm³/mol. The van der Waals surface area contributed by atoms with E-state index in [9.17, 15) is 4.79 Å². The van der Waals surface area contributed by atoms with E-state index in [-0.39, 0.29) is 12.5 Å². The molecule has 8 heteroatoms. The summed E-state index contributed by atoms with van der Waals surface area (Å²) < 4.78 is 2.17. The first kappa shape index (κ1) is 16.9. The highest BCUT2D eigenvalue weighted by Crippen LogP contribution is 2.22. The molecule has 1 amide bonds. The molecule has 2 aromatic heterocycles. The fraction of sp³-hybridized carbons (Fsp3) is 0.188. The van der Waals surface area contributed by atoms with Crippen LogP contribution in [0.2, 0.25) is 0 Å². The zero-order valence-electron chi connectivity index (χ0n) is 12.8. The van der Waals surface area contributed by atoms with Crippen LogP contribution in [-0.2, 0) is 11.3 Å². The van der Waals surface area contributed by atoms with Crippen molar-refractivity contribution in [3.63, 3.8) is 0 Å². The van der Waals surface area contributed by atoms with E-state index in [4.69, 9.17) is 12.2 Å². The number of nitrogens with one attached hydrogen (secondary N) is 2. The maximum atomic E-state index is 12.2. The van der Waals surface area contributed by atoms with Crippen LogP contribution in [0.25, 0.3) is 10.7 Å². The number of thiophene rings is 1. The second-order valence-corrected chi connectivity index (χ2v) is 7.43. The molecule has 124 valence electrons. The zero-order chi connectivity index (χ0) is 16.8. The molecule has 0 aliphatic carbocycles. The summed E-state index contributed by atoms with van der Waals surface area (Å²) in [7, 11) is 0. The van der Waals surface area contributed by atoms with E-state index in [1.54, 1.807) is 27.7 Å². The van der Waals surface area contributed by atoms with Crippen LogP contribution in [0, 0.1) is 4.77 Å². The number of hydrogen-bond acceptors (Lipinski definition) is 5. The van der Waals surface area contributed by atoms with Gasteiger partial charge < -0.3 is 5.32 Å². The summed E-state index contributed by atoms with van der Waals surface area (Å²) in [4.78, 5) is 14.3. The maximum absolute atomic E-state index is 12.2. The lowest BCUT2D eigenvalue weighted by Gasteiger charge is -2.07. The minimum Gasteiger partial charge on any atom is -0.354 e. The summed E-state index contributed by atoms with van der Waals surface area (Å²) in [5.41, 5.74) is 0. The second kappa shape index (κ2) is 8.27. The summed E-state index contributed by atoms with van der Waals surface area (Å²) in [5, 5.41) is 11.9. The Balaban J connectivity index is 1.52. The average Bonchev–Trinajstić information content (AvgIpc) is 3.23. The van der Waals surface area contributed by atoms with Crippen LogP contribution >= 0.6 is 35.3 Å². The van der Waals surface area contributed by atoms with E-state index in [2.05, 4.69) is 27.6 Å². The van der Waals surface area contributed by atoms with E-state index in [0.29, 0.717) is 17.1 Å². The molecule has 0 aliphatic heterocycles. The lowest BCUT2D eigenvalue weighted by molar-refractivity contribution is -0.121. The van der Waals surface area contributed by atoms with Gasteiger partial charge in [-0.3, -0.25) is 14.5 Å². The van der Waals surface area contributed by atoms with Crippen LogP contribution in [0.4, 0.5) is 0 Å². The fourth-order valence-corrected chi connectivity index (χ4v) is 3.84. The molecule has 3 rings (SSSR count). The molecule has 24 heavy (non-hydrogen) atoms. The topological polar surface area (TPSA) is 62.7 Å². The van der Waals surface area contributed by atoms with Crippen molar-refractivity contribution >= 4 is 41.2 Å². The molecule has 2 N–H and O–H groups in total. The molecule has 0 bridgehead atoms. The van der Waals surface area contributed by atoms with E-state index < -0.39 is 0 Å². The Morgan fingerprint density at radius 3 is 2.88 bits per heavy atom. The number of thioether (sulfide) groups is 1. The number of nitrogens with zero attached hydrogens (tertiary/aromatic N) is 2. The number of aromatic nitrogens is 3. The minimum absolute atomic E-state index is 0.0704. The Labute approximate surface area is 153 Å². The third kappa shape index (κ3) is 4.34. The van der Waals surface area contributed by atoms with Crippen LogP contribution in [0.15, 0.2) is 52.7 Å². The van der Waals surface area contributed by atoms with Crippen LogP contribution in [0.5, 0.6) is 0 Å². The third-order valence-electron chi connectivity index (χ3n) is 3.24. The van der Waals surface area contributed by atoms with Crippen molar-refractivity contribution in [3.05, 3.63) is 52.6 Å². The van der Waals surface area contributed by atoms with Gasteiger partial charge in [-0.1, -0.05) is 24.3 Å². The van der Waals surface area contributed by atoms with Crippen LogP contribution in [0.1, 0.15) is 0 Å². The summed E-state index contributed by atoms with van der Waals surface area (Å²) in [5.74, 6) is 1.45. The van der Waals surface area contributed by atoms with Gasteiger partial charge in [0.2, 0.25) is 5.91 Å². The van der Waals surface area contributed by atoms with Crippen molar-refractivity contribution in [2.24, 2.45) is 0 Å². The van der Waals surface area contributed by atoms with Gasteiger partial charge in [-0.2, -0.15) is 5.10 Å². The number of aromatic amines is 1. The van der Waals surface area contributed by atoms with Gasteiger partial charge in [0.15, 0.2) is 10.6 Å². The molecule has 0 aliphatic rings. The predicted octanol–water partition coefficient (Wildman–Crippen LogP) is 3.58. The van der Waals surface area contributed by atoms with Crippen LogP contribution in [0.3, 0.4) is 0 Å². The molecule has 1 aromatic carbocycles. The number of H-pyrrole nitrogens is 1. The highest BCUT2D eigenvalue weighted by Gasteiger charge is 2.12. The lowest BCUT2D eigenvalue weighted by atomic mass is 10.4. The third-order valence-corrected chi connectivity index (χ3v) is 5.43. The van der Waals surface area contributed by atoms with Gasteiger partial charge in [0.1, 0.15) is 6.54 Å². The van der Waals surface area contributed by atoms with Gasteiger partial charge in [-0.25, -0.2) is 0 Å². The van der Waals surface area contributed by atoms with Gasteiger partial charge in [-0.15, -0.1) is 23.1 Å². The molecular weight excluding hydrogens is 360 g/mol. The molecule has 0 saturated carbocycles. The zero-order valence-corrected chi connectivity index (χ0v) is 15.2. The highest BCUT2D eigenvalue weighted by atomic mass is 32.2. The van der Waals surface area contributed by atoms with Gasteiger partial charge >= 0.3 is 0 Å². The minimum atomic E-state index is -0.0704. The van der Waals surface area contributed by atoms with Crippen molar-refractivity contribution in [1.29, 1.82) is 0 Å². The molecule has 0 atom stereocenters. The van der Waals surface area contributed by atoms with E-state index in [1.165, 1.54) is 4.90 Å². The summed E-state index contributed by atoms with van der Waals surface area (Å²) in [6.45, 7) is 0.774. The van der Waals surface area contributed by atoms with Gasteiger partial charge in [-0.05, 0) is 35.8 Å². The number of amides is 1. The molecule has 5 nitrogen and oxygen atoms in total. The smallest absolute Gasteiger partial charge is 0.240 e. The molecular formula is C16H16N4OS3. The Morgan fingerprint density at radius 2 is 2.12 bits per heavy atom. The first-order valence-electron chi connectivity index (χ1n) is 7.37. The standard InChI is InChI=1S/C16H16N4OS3/c21-14(17-8-10-23-12-5-2-1-3-6-12)11-20-15(18-19-16(20)22)13-7-4-9-24-13/h1-7,9H,8,10-11H2,(H,17,21)(H,19,22). The summed E-state index contributed by atoms with van der Waals surface area (Å²) >= 11 is 8.51. The SMILES string of the molecule is O=C(Cn1c(-c2cccs2)n[nH]c1=S)NCCSc1ccccc1. The average molecular weight is 377 g/mol. The van der Waals surface area contributed by atoms with E-state index >= 15 is 0 Å². The molecule has 0 radical (unpaired) electrons. The molecule has 0 unspecified atom stereocenters. The van der Waals surface area contributed by atoms with Gasteiger partial charge in [0.25, 0.3) is 0 Å². The van der Waals surface area contributed by atoms with Crippen LogP contribution < -0.4 is 5.32 Å². The Kier molecular flexibility index (Phi) is 5.84. The summed E-state index contributed by atoms with van der Waals surface area (Å²) in [6.07, 6.45) is 0. The largest absolute Gasteiger partial charge is 0.354 e. The summed E-state index contributed by atoms with van der Waals surface area (Å²) in [6, 6.07) is 14.0. The van der Waals surface area contributed by atoms with E-state index in [0.717, 1.165) is 10.6 Å². The lowest BCUT2D eigenvalue weighted by Crippen LogP contribution is -2.29. The van der Waals surface area contributed by atoms with Gasteiger partial charge in [0.05, 0.1) is 4.88 Å². The molecule has 0 spiro atoms. The number of rotatable bonds is 7. The Morgan fingerprint density at radius 1 is 1.29 bits per heavy atom. The molecule has 2 heterocycles. The normalized spacial score (nSPS) is 10.7. The molecule has 0 saturated heterocycles. The first-order valence-corrected chi connectivity index (χ1v) is 9.65. The van der Waals surface area contributed by atoms with Crippen LogP contribution in [-0.4, -0.2) is 33.0 Å². The van der Waals surface area contributed by atoms with Crippen molar-refractivity contribution < 1.29 is 4.79 Å². The number of benzene rings is 1. The first-order chi connectivity index (χ1) is 11.7. The maximum Gasteiger partial charge on any atom is 0.240 e. The van der Waals surface area contributed by atoms with Gasteiger partial charge in [0, 0.05) is 17.2 Å². The molecule has 0 fully saturated rings. The molecule has 3 aromatic rings. The Bertz CT molecular complexity index is 840. The highest BCUT2D eigenvalue weighted by molar-refractivity contribution is 7.99. The van der Waals surface area contributed by atoms with E-state index in [1.807, 2.05) is 35.7 Å². The fourth-order valence-electron chi connectivity index (χ4n) is 2.13. The number of carbonyl (C=O) groups is 1. The number of carbonyl (C=O) groups excluding carboxylic acids is 1. The monoisotopic (exact) mass is 376 g/mol. The van der Waals surface area contributed by atoms with Crippen molar-refractivity contribution in [2.75, 3.05) is 12.3 Å².